The van der Waals surface area contributed by atoms with Crippen LogP contribution in [0.4, 0.5) is 5.69 Å². The third kappa shape index (κ3) is 5.31. The first kappa shape index (κ1) is 23.6. The molecule has 174 valence electrons. The molecule has 0 saturated carbocycles. The van der Waals surface area contributed by atoms with Gasteiger partial charge in [-0.05, 0) is 56.0 Å². The van der Waals surface area contributed by atoms with Crippen molar-refractivity contribution >= 4 is 23.4 Å². The second-order valence-electron chi connectivity index (χ2n) is 8.23. The van der Waals surface area contributed by atoms with Gasteiger partial charge in [0.15, 0.2) is 11.0 Å². The highest BCUT2D eigenvalue weighted by Gasteiger charge is 2.22. The van der Waals surface area contributed by atoms with Crippen LogP contribution >= 0.6 is 11.8 Å². The van der Waals surface area contributed by atoms with Crippen molar-refractivity contribution in [3.8, 4) is 17.1 Å². The van der Waals surface area contributed by atoms with Crippen LogP contribution in [0.2, 0.25) is 0 Å². The minimum absolute atomic E-state index is 0.0934. The van der Waals surface area contributed by atoms with Gasteiger partial charge in [-0.15, -0.1) is 10.2 Å². The molecule has 1 atom stereocenters. The van der Waals surface area contributed by atoms with Gasteiger partial charge in [-0.25, -0.2) is 0 Å². The first-order chi connectivity index (χ1) is 16.4. The van der Waals surface area contributed by atoms with E-state index in [1.54, 1.807) is 12.1 Å². The fourth-order valence-corrected chi connectivity index (χ4v) is 4.65. The van der Waals surface area contributed by atoms with Crippen molar-refractivity contribution in [3.63, 3.8) is 0 Å². The molecule has 0 bridgehead atoms. The van der Waals surface area contributed by atoms with Gasteiger partial charge in [-0.3, -0.25) is 4.79 Å². The van der Waals surface area contributed by atoms with Crippen LogP contribution in [0.25, 0.3) is 11.4 Å². The third-order valence-electron chi connectivity index (χ3n) is 5.71. The highest BCUT2D eigenvalue weighted by molar-refractivity contribution is 8.00. The van der Waals surface area contributed by atoms with Crippen LogP contribution in [0.15, 0.2) is 78.0 Å². The lowest BCUT2D eigenvalue weighted by atomic mass is 10.1. The number of anilines is 1. The first-order valence-corrected chi connectivity index (χ1v) is 12.1. The van der Waals surface area contributed by atoms with Crippen LogP contribution in [0.3, 0.4) is 0 Å². The Morgan fingerprint density at radius 3 is 2.35 bits per heavy atom. The Labute approximate surface area is 204 Å². The van der Waals surface area contributed by atoms with Crippen LogP contribution in [0.5, 0.6) is 5.75 Å². The van der Waals surface area contributed by atoms with E-state index in [0.29, 0.717) is 23.1 Å². The Morgan fingerprint density at radius 2 is 1.65 bits per heavy atom. The quantitative estimate of drug-likeness (QED) is 0.325. The lowest BCUT2D eigenvalue weighted by Crippen LogP contribution is -2.24. The van der Waals surface area contributed by atoms with E-state index in [2.05, 4.69) is 27.6 Å². The molecule has 1 amide bonds. The average Bonchev–Trinajstić information content (AvgIpc) is 3.23. The number of thioether (sulfide) groups is 1. The third-order valence-corrected chi connectivity index (χ3v) is 6.79. The molecular weight excluding hydrogens is 444 g/mol. The topological polar surface area (TPSA) is 80.0 Å². The maximum atomic E-state index is 13.0. The van der Waals surface area contributed by atoms with Crippen molar-refractivity contribution in [1.29, 1.82) is 0 Å². The van der Waals surface area contributed by atoms with Gasteiger partial charge in [0.25, 0.3) is 0 Å². The van der Waals surface area contributed by atoms with E-state index >= 15 is 0 Å². The molecule has 6 nitrogen and oxygen atoms in total. The molecule has 0 unspecified atom stereocenters. The van der Waals surface area contributed by atoms with Gasteiger partial charge in [-0.2, -0.15) is 0 Å². The molecule has 34 heavy (non-hydrogen) atoms. The summed E-state index contributed by atoms with van der Waals surface area (Å²) in [6, 6.07) is 23.2. The number of rotatable bonds is 8. The fraction of sp³-hybridized carbons (Fsp3) is 0.222. The van der Waals surface area contributed by atoms with E-state index < -0.39 is 5.25 Å². The summed E-state index contributed by atoms with van der Waals surface area (Å²) in [5, 5.41) is 22.5. The summed E-state index contributed by atoms with van der Waals surface area (Å²) < 4.78 is 1.98. The predicted octanol–water partition coefficient (Wildman–Crippen LogP) is 5.63. The predicted molar refractivity (Wildman–Crippen MR) is 137 cm³/mol. The van der Waals surface area contributed by atoms with Crippen LogP contribution in [-0.4, -0.2) is 31.0 Å². The smallest absolute Gasteiger partial charge is 0.237 e. The largest absolute Gasteiger partial charge is 0.507 e. The fourth-order valence-electron chi connectivity index (χ4n) is 3.77. The van der Waals surface area contributed by atoms with Gasteiger partial charge in [0, 0.05) is 12.2 Å². The molecule has 0 aliphatic heterocycles. The highest BCUT2D eigenvalue weighted by Crippen LogP contribution is 2.32. The molecule has 0 radical (unpaired) electrons. The number of phenolic OH excluding ortho intramolecular Hbond substituents is 1. The Morgan fingerprint density at radius 1 is 0.971 bits per heavy atom. The molecule has 4 aromatic rings. The Hall–Kier alpha value is -3.58. The summed E-state index contributed by atoms with van der Waals surface area (Å²) in [6.45, 7) is 6.45. The Balaban J connectivity index is 1.59. The molecule has 0 aliphatic rings. The molecule has 0 aliphatic carbocycles. The van der Waals surface area contributed by atoms with E-state index in [1.807, 2.05) is 73.9 Å². The van der Waals surface area contributed by atoms with Gasteiger partial charge in [0.2, 0.25) is 5.91 Å². The summed E-state index contributed by atoms with van der Waals surface area (Å²) in [5.41, 5.74) is 4.70. The summed E-state index contributed by atoms with van der Waals surface area (Å²) in [5.74, 6) is 0.635. The molecular formula is C27H28N4O2S. The lowest BCUT2D eigenvalue weighted by Gasteiger charge is -2.16. The molecule has 7 heteroatoms. The van der Waals surface area contributed by atoms with Crippen molar-refractivity contribution in [1.82, 2.24) is 14.8 Å². The number of carbonyl (C=O) groups is 1. The molecule has 4 rings (SSSR count). The van der Waals surface area contributed by atoms with Gasteiger partial charge in [0.05, 0.1) is 10.8 Å². The van der Waals surface area contributed by atoms with Crippen molar-refractivity contribution < 1.29 is 9.90 Å². The minimum atomic E-state index is -0.393. The van der Waals surface area contributed by atoms with Gasteiger partial charge < -0.3 is 15.0 Å². The van der Waals surface area contributed by atoms with E-state index in [1.165, 1.54) is 17.3 Å². The maximum absolute atomic E-state index is 13.0. The highest BCUT2D eigenvalue weighted by atomic mass is 32.2. The second kappa shape index (κ2) is 10.6. The summed E-state index contributed by atoms with van der Waals surface area (Å²) in [4.78, 5) is 13.0. The van der Waals surface area contributed by atoms with Crippen LogP contribution in [-0.2, 0) is 17.8 Å². The normalized spacial score (nSPS) is 11.9. The van der Waals surface area contributed by atoms with E-state index in [-0.39, 0.29) is 11.7 Å². The van der Waals surface area contributed by atoms with Crippen molar-refractivity contribution in [2.45, 2.75) is 44.1 Å². The van der Waals surface area contributed by atoms with E-state index in [0.717, 1.165) is 23.2 Å². The number of para-hydroxylation sites is 2. The van der Waals surface area contributed by atoms with Gasteiger partial charge >= 0.3 is 0 Å². The summed E-state index contributed by atoms with van der Waals surface area (Å²) in [6.07, 6.45) is 0.774. The molecule has 3 aromatic carbocycles. The molecule has 2 N–H and O–H groups in total. The molecule has 0 spiro atoms. The van der Waals surface area contributed by atoms with Crippen LogP contribution in [0.1, 0.15) is 23.6 Å². The number of carbonyl (C=O) groups excluding carboxylic acids is 1. The van der Waals surface area contributed by atoms with E-state index in [4.69, 9.17) is 0 Å². The number of aryl methyl sites for hydroxylation is 3. The number of hydrogen-bond donors (Lipinski definition) is 2. The van der Waals surface area contributed by atoms with Gasteiger partial charge in [0.1, 0.15) is 5.75 Å². The Bertz CT molecular complexity index is 1270. The number of aromatic hydroxyl groups is 1. The number of nitrogens with zero attached hydrogens (tertiary/aromatic N) is 3. The average molecular weight is 473 g/mol. The first-order valence-electron chi connectivity index (χ1n) is 11.2. The zero-order valence-electron chi connectivity index (χ0n) is 19.5. The van der Waals surface area contributed by atoms with Gasteiger partial charge in [-0.1, -0.05) is 72.4 Å². The zero-order valence-corrected chi connectivity index (χ0v) is 20.3. The number of benzene rings is 3. The number of phenols is 1. The van der Waals surface area contributed by atoms with E-state index in [9.17, 15) is 9.90 Å². The lowest BCUT2D eigenvalue weighted by molar-refractivity contribution is -0.115. The number of hydrogen-bond acceptors (Lipinski definition) is 5. The van der Waals surface area contributed by atoms with Crippen molar-refractivity contribution in [3.05, 3.63) is 89.5 Å². The minimum Gasteiger partial charge on any atom is -0.507 e. The zero-order chi connectivity index (χ0) is 24.1. The monoisotopic (exact) mass is 472 g/mol. The molecule has 0 saturated heterocycles. The number of nitrogens with one attached hydrogen (secondary N) is 1. The van der Waals surface area contributed by atoms with Crippen LogP contribution in [0, 0.1) is 13.8 Å². The molecule has 0 fully saturated rings. The van der Waals surface area contributed by atoms with Crippen LogP contribution < -0.4 is 5.32 Å². The Kier molecular flexibility index (Phi) is 7.33. The maximum Gasteiger partial charge on any atom is 0.237 e. The second-order valence-corrected chi connectivity index (χ2v) is 9.53. The SMILES string of the molecule is Cc1cccc(C)c1NC(=O)[C@@H](C)Sc1nnc(-c2ccccc2O)n1CCc1ccccc1. The summed E-state index contributed by atoms with van der Waals surface area (Å²) in [7, 11) is 0. The van der Waals surface area contributed by atoms with Crippen molar-refractivity contribution in [2.75, 3.05) is 5.32 Å². The summed E-state index contributed by atoms with van der Waals surface area (Å²) >= 11 is 1.36. The standard InChI is InChI=1S/C27H28N4O2S/c1-18-10-9-11-19(2)24(18)28-26(33)20(3)34-27-30-29-25(22-14-7-8-15-23(22)32)31(27)17-16-21-12-5-4-6-13-21/h4-15,20,32H,16-17H2,1-3H3,(H,28,33)/t20-/m1/s1. The van der Waals surface area contributed by atoms with Crippen molar-refractivity contribution in [2.24, 2.45) is 0 Å². The molecule has 1 heterocycles. The number of amides is 1. The number of aromatic nitrogens is 3. The molecule has 1 aromatic heterocycles.